The number of carboxylic acid groups (broad SMARTS) is 2. The molecule has 1 atom stereocenters. The first-order valence-corrected chi connectivity index (χ1v) is 9.06. The summed E-state index contributed by atoms with van der Waals surface area (Å²) in [4.78, 5) is 47.8. The summed E-state index contributed by atoms with van der Waals surface area (Å²) in [6, 6.07) is 0.183. The molecule has 0 saturated carbocycles. The van der Waals surface area contributed by atoms with Crippen molar-refractivity contribution in [1.82, 2.24) is 14.7 Å². The van der Waals surface area contributed by atoms with Crippen molar-refractivity contribution in [3.63, 3.8) is 0 Å². The molecule has 0 rings (SSSR count). The Morgan fingerprint density at radius 2 is 1.36 bits per heavy atom. The van der Waals surface area contributed by atoms with Crippen LogP contribution in [0.4, 0.5) is 0 Å². The zero-order chi connectivity index (χ0) is 21.4. The minimum Gasteiger partial charge on any atom is -0.480 e. The Morgan fingerprint density at radius 1 is 0.893 bits per heavy atom. The molecule has 1 unspecified atom stereocenters. The molecule has 0 radical (unpaired) electrons. The maximum absolute atomic E-state index is 10.9. The van der Waals surface area contributed by atoms with Crippen LogP contribution in [-0.4, -0.2) is 109 Å². The maximum Gasteiger partial charge on any atom is 0.317 e. The van der Waals surface area contributed by atoms with Gasteiger partial charge in [-0.3, -0.25) is 29.0 Å². The van der Waals surface area contributed by atoms with Crippen LogP contribution in [0, 0.1) is 0 Å². The van der Waals surface area contributed by atoms with Crippen LogP contribution in [0.25, 0.3) is 0 Å². The monoisotopic (exact) mass is 405 g/mol. The zero-order valence-electron chi connectivity index (χ0n) is 16.5. The summed E-state index contributed by atoms with van der Waals surface area (Å²) in [7, 11) is 0. The lowest BCUT2D eigenvalue weighted by Gasteiger charge is -2.32. The molecule has 0 aliphatic rings. The number of carboxylic acids is 2. The largest absolute Gasteiger partial charge is 0.480 e. The highest BCUT2D eigenvalue weighted by Crippen LogP contribution is 2.07. The molecule has 162 valence electrons. The lowest BCUT2D eigenvalue weighted by molar-refractivity contribution is -0.144. The number of nitrogens with zero attached hydrogens (tertiary/aromatic N) is 3. The van der Waals surface area contributed by atoms with Gasteiger partial charge in [0.15, 0.2) is 0 Å². The van der Waals surface area contributed by atoms with E-state index in [1.54, 1.807) is 4.90 Å². The molecule has 2 N–H and O–H groups in total. The Balaban J connectivity index is 4.88. The second-order valence-corrected chi connectivity index (χ2v) is 6.35. The van der Waals surface area contributed by atoms with Crippen LogP contribution in [0.1, 0.15) is 26.7 Å². The van der Waals surface area contributed by atoms with Gasteiger partial charge in [-0.05, 0) is 13.3 Å². The van der Waals surface area contributed by atoms with Crippen LogP contribution < -0.4 is 0 Å². The van der Waals surface area contributed by atoms with Gasteiger partial charge in [0, 0.05) is 32.2 Å². The van der Waals surface area contributed by atoms with Crippen LogP contribution >= 0.6 is 0 Å². The number of carbonyl (C=O) groups excluding carboxylic acids is 2. The van der Waals surface area contributed by atoms with E-state index >= 15 is 0 Å². The molecule has 0 aromatic carbocycles. The van der Waals surface area contributed by atoms with E-state index in [1.807, 2.05) is 6.92 Å². The van der Waals surface area contributed by atoms with E-state index in [9.17, 15) is 19.2 Å². The zero-order valence-corrected chi connectivity index (χ0v) is 16.5. The number of hydrogen-bond acceptors (Lipinski definition) is 9. The lowest BCUT2D eigenvalue weighted by Crippen LogP contribution is -2.46. The Labute approximate surface area is 164 Å². The predicted octanol–water partition coefficient (Wildman–Crippen LogP) is -0.489. The first-order chi connectivity index (χ1) is 13.3. The quantitative estimate of drug-likeness (QED) is 0.213. The Hall–Kier alpha value is -2.24. The van der Waals surface area contributed by atoms with Crippen molar-refractivity contribution in [2.24, 2.45) is 0 Å². The fourth-order valence-corrected chi connectivity index (χ4v) is 2.73. The SMILES string of the molecule is CCCC(C)N(CCN(COC=O)COC=O)CCN(CC(=O)O)CC(=O)O. The number of rotatable bonds is 19. The van der Waals surface area contributed by atoms with Crippen LogP contribution in [0.15, 0.2) is 0 Å². The summed E-state index contributed by atoms with van der Waals surface area (Å²) >= 11 is 0. The molecular weight excluding hydrogens is 374 g/mol. The molecular formula is C17H31N3O8. The summed E-state index contributed by atoms with van der Waals surface area (Å²) in [5.74, 6) is -2.17. The molecule has 11 nitrogen and oxygen atoms in total. The third-order valence-electron chi connectivity index (χ3n) is 4.10. The summed E-state index contributed by atoms with van der Waals surface area (Å²) in [5.41, 5.74) is 0. The van der Waals surface area contributed by atoms with Gasteiger partial charge in [-0.25, -0.2) is 4.90 Å². The third-order valence-corrected chi connectivity index (χ3v) is 4.10. The Kier molecular flexibility index (Phi) is 14.5. The van der Waals surface area contributed by atoms with Crippen LogP contribution in [-0.2, 0) is 28.7 Å². The van der Waals surface area contributed by atoms with E-state index in [-0.39, 0.29) is 39.1 Å². The van der Waals surface area contributed by atoms with E-state index in [0.717, 1.165) is 12.8 Å². The summed E-state index contributed by atoms with van der Waals surface area (Å²) in [5, 5.41) is 17.9. The molecule has 0 bridgehead atoms. The van der Waals surface area contributed by atoms with Gasteiger partial charge in [-0.15, -0.1) is 0 Å². The van der Waals surface area contributed by atoms with E-state index in [2.05, 4.69) is 11.8 Å². The maximum atomic E-state index is 10.9. The topological polar surface area (TPSA) is 137 Å². The van der Waals surface area contributed by atoms with Gasteiger partial charge < -0.3 is 19.7 Å². The highest BCUT2D eigenvalue weighted by molar-refractivity contribution is 5.72. The molecule has 0 heterocycles. The second kappa shape index (κ2) is 15.8. The van der Waals surface area contributed by atoms with Crippen molar-refractivity contribution in [1.29, 1.82) is 0 Å². The average Bonchev–Trinajstić information content (AvgIpc) is 2.62. The first-order valence-electron chi connectivity index (χ1n) is 9.06. The van der Waals surface area contributed by atoms with Gasteiger partial charge in [0.1, 0.15) is 13.5 Å². The van der Waals surface area contributed by atoms with Crippen molar-refractivity contribution in [2.75, 3.05) is 52.7 Å². The van der Waals surface area contributed by atoms with E-state index in [0.29, 0.717) is 32.6 Å². The average molecular weight is 405 g/mol. The molecule has 0 aliphatic carbocycles. The van der Waals surface area contributed by atoms with E-state index in [1.165, 1.54) is 4.90 Å². The van der Waals surface area contributed by atoms with Crippen molar-refractivity contribution in [3.8, 4) is 0 Å². The smallest absolute Gasteiger partial charge is 0.317 e. The fourth-order valence-electron chi connectivity index (χ4n) is 2.73. The van der Waals surface area contributed by atoms with Crippen molar-refractivity contribution >= 4 is 24.9 Å². The molecule has 11 heteroatoms. The van der Waals surface area contributed by atoms with E-state index < -0.39 is 11.9 Å². The summed E-state index contributed by atoms with van der Waals surface area (Å²) in [6.07, 6.45) is 1.87. The number of hydrogen-bond donors (Lipinski definition) is 2. The van der Waals surface area contributed by atoms with Crippen LogP contribution in [0.5, 0.6) is 0 Å². The molecule has 0 amide bonds. The van der Waals surface area contributed by atoms with Gasteiger partial charge in [0.05, 0.1) is 13.1 Å². The molecule has 0 aromatic rings. The van der Waals surface area contributed by atoms with Crippen LogP contribution in [0.3, 0.4) is 0 Å². The van der Waals surface area contributed by atoms with Crippen LogP contribution in [0.2, 0.25) is 0 Å². The highest BCUT2D eigenvalue weighted by Gasteiger charge is 2.19. The molecule has 0 spiro atoms. The van der Waals surface area contributed by atoms with Crippen molar-refractivity contribution in [2.45, 2.75) is 32.7 Å². The predicted molar refractivity (Wildman–Crippen MR) is 98.4 cm³/mol. The minimum atomic E-state index is -1.09. The van der Waals surface area contributed by atoms with Gasteiger partial charge in [-0.2, -0.15) is 0 Å². The van der Waals surface area contributed by atoms with E-state index in [4.69, 9.17) is 19.7 Å². The fraction of sp³-hybridized carbons (Fsp3) is 0.765. The second-order valence-electron chi connectivity index (χ2n) is 6.35. The summed E-state index contributed by atoms with van der Waals surface area (Å²) in [6.45, 7) is 5.67. The van der Waals surface area contributed by atoms with Crippen molar-refractivity contribution in [3.05, 3.63) is 0 Å². The normalized spacial score (nSPS) is 12.2. The molecule has 0 aromatic heterocycles. The van der Waals surface area contributed by atoms with Gasteiger partial charge in [0.25, 0.3) is 12.9 Å². The number of ether oxygens (including phenoxy) is 2. The first kappa shape index (κ1) is 25.8. The minimum absolute atomic E-state index is 0.0303. The standard InChI is InChI=1S/C17H31N3O8/c1-3-4-15(2)20(7-5-18(9-16(23)24)10-17(25)26)8-6-19(11-27-13-21)12-28-14-22/h13-15H,3-12H2,1-2H3,(H,23,24)(H,25,26). The molecule has 0 saturated heterocycles. The lowest BCUT2D eigenvalue weighted by atomic mass is 10.1. The Morgan fingerprint density at radius 3 is 1.75 bits per heavy atom. The highest BCUT2D eigenvalue weighted by atomic mass is 16.6. The molecule has 0 fully saturated rings. The number of aliphatic carboxylic acids is 2. The Bertz CT molecular complexity index is 449. The third kappa shape index (κ3) is 13.0. The molecule has 28 heavy (non-hydrogen) atoms. The van der Waals surface area contributed by atoms with Gasteiger partial charge in [0.2, 0.25) is 0 Å². The van der Waals surface area contributed by atoms with Crippen molar-refractivity contribution < 1.29 is 38.9 Å². The summed E-state index contributed by atoms with van der Waals surface area (Å²) < 4.78 is 9.42. The molecule has 0 aliphatic heterocycles. The van der Waals surface area contributed by atoms with Gasteiger partial charge >= 0.3 is 11.9 Å². The number of carbonyl (C=O) groups is 4. The van der Waals surface area contributed by atoms with Gasteiger partial charge in [-0.1, -0.05) is 13.3 Å².